The van der Waals surface area contributed by atoms with E-state index < -0.39 is 0 Å². The predicted octanol–water partition coefficient (Wildman–Crippen LogP) is 5.42. The van der Waals surface area contributed by atoms with Crippen LogP contribution in [0.2, 0.25) is 0 Å². The van der Waals surface area contributed by atoms with Crippen LogP contribution in [0.1, 0.15) is 21.5 Å². The predicted molar refractivity (Wildman–Crippen MR) is 94.5 cm³/mol. The fourth-order valence-electron chi connectivity index (χ4n) is 3.45. The highest BCUT2D eigenvalue weighted by atomic mass is 32.2. The van der Waals surface area contributed by atoms with Gasteiger partial charge in [0, 0.05) is 16.0 Å². The van der Waals surface area contributed by atoms with Crippen molar-refractivity contribution >= 4 is 23.1 Å². The largest absolute Gasteiger partial charge is 0.288 e. The highest BCUT2D eigenvalue weighted by Gasteiger charge is 2.33. The third-order valence-corrected chi connectivity index (χ3v) is 5.63. The molecule has 1 heterocycles. The summed E-state index contributed by atoms with van der Waals surface area (Å²) in [5.41, 5.74) is 6.67. The Bertz CT molecular complexity index is 966. The summed E-state index contributed by atoms with van der Waals surface area (Å²) in [6, 6.07) is 24.6. The fourth-order valence-corrected chi connectivity index (χ4v) is 4.61. The van der Waals surface area contributed by atoms with Crippen LogP contribution >= 0.6 is 11.8 Å². The summed E-state index contributed by atoms with van der Waals surface area (Å²) in [6.07, 6.45) is 0. The lowest BCUT2D eigenvalue weighted by Gasteiger charge is -2.06. The zero-order valence-corrected chi connectivity index (χ0v) is 13.1. The van der Waals surface area contributed by atoms with Crippen molar-refractivity contribution in [2.24, 2.45) is 0 Å². The van der Waals surface area contributed by atoms with E-state index in [1.165, 1.54) is 11.1 Å². The number of rotatable bonds is 0. The highest BCUT2D eigenvalue weighted by Crippen LogP contribution is 2.51. The molecule has 0 bridgehead atoms. The Hall–Kier alpha value is -2.58. The van der Waals surface area contributed by atoms with Gasteiger partial charge in [0.1, 0.15) is 0 Å². The molecule has 2 aliphatic rings. The van der Waals surface area contributed by atoms with E-state index >= 15 is 0 Å². The quantitative estimate of drug-likeness (QED) is 0.404. The lowest BCUT2D eigenvalue weighted by atomic mass is 10.0. The van der Waals surface area contributed by atoms with Crippen molar-refractivity contribution in [2.45, 2.75) is 4.90 Å². The second-order valence-electron chi connectivity index (χ2n) is 5.72. The van der Waals surface area contributed by atoms with E-state index in [1.54, 1.807) is 11.8 Å². The van der Waals surface area contributed by atoms with Crippen LogP contribution in [0.5, 0.6) is 0 Å². The molecule has 1 nitrogen and oxygen atoms in total. The van der Waals surface area contributed by atoms with Crippen LogP contribution < -0.4 is 0 Å². The number of hydrogen-bond acceptors (Lipinski definition) is 2. The summed E-state index contributed by atoms with van der Waals surface area (Å²) < 4.78 is 0. The summed E-state index contributed by atoms with van der Waals surface area (Å²) >= 11 is 1.60. The average molecular weight is 312 g/mol. The van der Waals surface area contributed by atoms with Crippen LogP contribution in [0, 0.1) is 0 Å². The Labute approximate surface area is 138 Å². The summed E-state index contributed by atoms with van der Waals surface area (Å²) in [5, 5.41) is 0. The number of Topliss-reactive ketones (excluding diaryl/α,β-unsaturated/α-hetero) is 1. The molecule has 5 rings (SSSR count). The number of carbonyl (C=O) groups excluding carboxylic acids is 1. The number of carbonyl (C=O) groups is 1. The first kappa shape index (κ1) is 12.9. The first-order chi connectivity index (χ1) is 11.3. The van der Waals surface area contributed by atoms with Crippen LogP contribution in [0.4, 0.5) is 0 Å². The molecule has 108 valence electrons. The van der Waals surface area contributed by atoms with Crippen LogP contribution in [0.25, 0.3) is 16.7 Å². The van der Waals surface area contributed by atoms with Crippen LogP contribution in [0.15, 0.2) is 82.6 Å². The van der Waals surface area contributed by atoms with Crippen molar-refractivity contribution in [2.75, 3.05) is 0 Å². The minimum Gasteiger partial charge on any atom is -0.288 e. The lowest BCUT2D eigenvalue weighted by molar-refractivity contribution is 0.104. The molecule has 0 N–H and O–H groups in total. The van der Waals surface area contributed by atoms with Crippen molar-refractivity contribution in [3.05, 3.63) is 94.4 Å². The number of ketones is 1. The molecule has 0 saturated heterocycles. The van der Waals surface area contributed by atoms with Gasteiger partial charge in [0.25, 0.3) is 0 Å². The van der Waals surface area contributed by atoms with Gasteiger partial charge in [0.15, 0.2) is 0 Å². The summed E-state index contributed by atoms with van der Waals surface area (Å²) in [5.74, 6) is 0.145. The second-order valence-corrected chi connectivity index (χ2v) is 6.77. The minimum atomic E-state index is 0.145. The molecule has 3 aromatic rings. The molecule has 0 atom stereocenters. The third-order valence-electron chi connectivity index (χ3n) is 4.46. The zero-order chi connectivity index (χ0) is 15.4. The summed E-state index contributed by atoms with van der Waals surface area (Å²) in [4.78, 5) is 14.8. The van der Waals surface area contributed by atoms with Gasteiger partial charge in [-0.25, -0.2) is 0 Å². The SMILES string of the molecule is O=C1C(=C2c3ccccc3-c3ccccc32)Sc2ccccc21. The molecular weight excluding hydrogens is 300 g/mol. The van der Waals surface area contributed by atoms with Crippen molar-refractivity contribution in [3.63, 3.8) is 0 Å². The summed E-state index contributed by atoms with van der Waals surface area (Å²) in [7, 11) is 0. The Balaban J connectivity index is 1.84. The smallest absolute Gasteiger partial charge is 0.201 e. The van der Waals surface area contributed by atoms with Gasteiger partial charge in [-0.3, -0.25) is 4.79 Å². The van der Waals surface area contributed by atoms with Gasteiger partial charge in [-0.05, 0) is 34.4 Å². The van der Waals surface area contributed by atoms with E-state index in [4.69, 9.17) is 0 Å². The van der Waals surface area contributed by atoms with Crippen molar-refractivity contribution in [3.8, 4) is 11.1 Å². The minimum absolute atomic E-state index is 0.145. The molecule has 23 heavy (non-hydrogen) atoms. The highest BCUT2D eigenvalue weighted by molar-refractivity contribution is 8.05. The van der Waals surface area contributed by atoms with E-state index in [2.05, 4.69) is 36.4 Å². The molecule has 2 heteroatoms. The van der Waals surface area contributed by atoms with Crippen molar-refractivity contribution in [1.29, 1.82) is 0 Å². The molecule has 1 aliphatic carbocycles. The number of fused-ring (bicyclic) bond motifs is 4. The Morgan fingerprint density at radius 3 is 1.61 bits per heavy atom. The Kier molecular flexibility index (Phi) is 2.64. The first-order valence-corrected chi connectivity index (χ1v) is 8.41. The molecule has 0 fully saturated rings. The van der Waals surface area contributed by atoms with E-state index in [0.717, 1.165) is 32.1 Å². The van der Waals surface area contributed by atoms with Crippen LogP contribution in [-0.4, -0.2) is 5.78 Å². The number of thioether (sulfide) groups is 1. The zero-order valence-electron chi connectivity index (χ0n) is 12.2. The van der Waals surface area contributed by atoms with Gasteiger partial charge in [-0.1, -0.05) is 72.4 Å². The topological polar surface area (TPSA) is 17.1 Å². The molecule has 0 amide bonds. The van der Waals surface area contributed by atoms with Crippen LogP contribution in [-0.2, 0) is 0 Å². The molecule has 3 aromatic carbocycles. The molecule has 0 spiro atoms. The maximum atomic E-state index is 12.9. The standard InChI is InChI=1S/C21H12OS/c22-20-17-11-5-6-12-18(17)23-21(20)19-15-9-3-1-7-13(15)14-8-2-4-10-16(14)19/h1-12H. The molecule has 0 aromatic heterocycles. The lowest BCUT2D eigenvalue weighted by Crippen LogP contribution is -1.97. The van der Waals surface area contributed by atoms with E-state index in [0.29, 0.717) is 0 Å². The normalized spacial score (nSPS) is 14.7. The Morgan fingerprint density at radius 2 is 1.04 bits per heavy atom. The van der Waals surface area contributed by atoms with Gasteiger partial charge in [-0.15, -0.1) is 0 Å². The maximum Gasteiger partial charge on any atom is 0.201 e. The Morgan fingerprint density at radius 1 is 0.565 bits per heavy atom. The van der Waals surface area contributed by atoms with E-state index in [9.17, 15) is 4.79 Å². The monoisotopic (exact) mass is 312 g/mol. The molecule has 0 unspecified atom stereocenters. The molecular formula is C21H12OS. The average Bonchev–Trinajstić information content (AvgIpc) is 3.11. The van der Waals surface area contributed by atoms with Gasteiger partial charge in [-0.2, -0.15) is 0 Å². The van der Waals surface area contributed by atoms with Gasteiger partial charge in [0.2, 0.25) is 5.78 Å². The van der Waals surface area contributed by atoms with Crippen molar-refractivity contribution < 1.29 is 4.79 Å². The van der Waals surface area contributed by atoms with Gasteiger partial charge >= 0.3 is 0 Å². The van der Waals surface area contributed by atoms with Gasteiger partial charge < -0.3 is 0 Å². The molecule has 1 aliphatic heterocycles. The van der Waals surface area contributed by atoms with Gasteiger partial charge in [0.05, 0.1) is 4.91 Å². The fraction of sp³-hybridized carbons (Fsp3) is 0. The maximum absolute atomic E-state index is 12.9. The number of hydrogen-bond donors (Lipinski definition) is 0. The first-order valence-electron chi connectivity index (χ1n) is 7.59. The van der Waals surface area contributed by atoms with Crippen molar-refractivity contribution in [1.82, 2.24) is 0 Å². The van der Waals surface area contributed by atoms with E-state index in [-0.39, 0.29) is 5.78 Å². The third kappa shape index (κ3) is 1.73. The molecule has 0 radical (unpaired) electrons. The van der Waals surface area contributed by atoms with E-state index in [1.807, 2.05) is 36.4 Å². The molecule has 0 saturated carbocycles. The second kappa shape index (κ2) is 4.71. The number of benzene rings is 3. The summed E-state index contributed by atoms with van der Waals surface area (Å²) in [6.45, 7) is 0. The number of allylic oxidation sites excluding steroid dienone is 1. The van der Waals surface area contributed by atoms with Crippen LogP contribution in [0.3, 0.4) is 0 Å².